The normalized spacial score (nSPS) is 10.4. The van der Waals surface area contributed by atoms with Gasteiger partial charge >= 0.3 is 0 Å². The molecular formula is C16H10ClFN2O. The molecule has 0 atom stereocenters. The lowest BCUT2D eigenvalue weighted by molar-refractivity contribution is 0.454. The smallest absolute Gasteiger partial charge is 0.240 e. The van der Waals surface area contributed by atoms with Crippen molar-refractivity contribution in [3.05, 3.63) is 71.5 Å². The van der Waals surface area contributed by atoms with Gasteiger partial charge in [0.1, 0.15) is 17.3 Å². The number of halogens is 2. The van der Waals surface area contributed by atoms with Gasteiger partial charge in [0.25, 0.3) is 0 Å². The summed E-state index contributed by atoms with van der Waals surface area (Å²) in [5, 5.41) is 8.50. The lowest BCUT2D eigenvalue weighted by atomic mass is 10.1. The van der Waals surface area contributed by atoms with E-state index in [2.05, 4.69) is 10.2 Å². The monoisotopic (exact) mass is 300 g/mol. The van der Waals surface area contributed by atoms with Gasteiger partial charge in [0.15, 0.2) is 0 Å². The van der Waals surface area contributed by atoms with Crippen LogP contribution in [-0.4, -0.2) is 10.2 Å². The van der Waals surface area contributed by atoms with E-state index in [4.69, 9.17) is 16.3 Å². The van der Waals surface area contributed by atoms with Crippen LogP contribution in [0.15, 0.2) is 60.7 Å². The molecule has 0 aliphatic rings. The minimum absolute atomic E-state index is 0.256. The molecule has 0 N–H and O–H groups in total. The number of hydrogen-bond donors (Lipinski definition) is 0. The van der Waals surface area contributed by atoms with Crippen LogP contribution in [0.1, 0.15) is 0 Å². The topological polar surface area (TPSA) is 35.0 Å². The third-order valence-electron chi connectivity index (χ3n) is 2.81. The summed E-state index contributed by atoms with van der Waals surface area (Å²) in [4.78, 5) is 0. The van der Waals surface area contributed by atoms with Gasteiger partial charge in [-0.05, 0) is 24.3 Å². The van der Waals surface area contributed by atoms with Gasteiger partial charge in [-0.15, -0.1) is 10.2 Å². The number of hydrogen-bond acceptors (Lipinski definition) is 3. The zero-order valence-corrected chi connectivity index (χ0v) is 11.6. The molecule has 3 aromatic rings. The fourth-order valence-electron chi connectivity index (χ4n) is 1.82. The van der Waals surface area contributed by atoms with Crippen molar-refractivity contribution in [3.8, 4) is 22.9 Å². The first-order valence-corrected chi connectivity index (χ1v) is 6.62. The van der Waals surface area contributed by atoms with E-state index in [-0.39, 0.29) is 11.7 Å². The van der Waals surface area contributed by atoms with Crippen molar-refractivity contribution in [1.82, 2.24) is 10.2 Å². The third-order valence-corrected chi connectivity index (χ3v) is 3.10. The van der Waals surface area contributed by atoms with Gasteiger partial charge in [0.05, 0.1) is 5.02 Å². The Balaban J connectivity index is 1.86. The molecule has 5 heteroatoms. The highest BCUT2D eigenvalue weighted by Gasteiger charge is 2.09. The molecule has 1 heterocycles. The minimum atomic E-state index is -0.328. The van der Waals surface area contributed by atoms with Crippen molar-refractivity contribution in [1.29, 1.82) is 0 Å². The highest BCUT2D eigenvalue weighted by molar-refractivity contribution is 6.33. The fraction of sp³-hybridized carbons (Fsp3) is 0. The molecule has 104 valence electrons. The Labute approximate surface area is 126 Å². The molecule has 0 aliphatic carbocycles. The maximum Gasteiger partial charge on any atom is 0.240 e. The molecule has 0 saturated heterocycles. The van der Waals surface area contributed by atoms with Crippen LogP contribution in [0.4, 0.5) is 4.39 Å². The maximum absolute atomic E-state index is 12.8. The number of ether oxygens (including phenoxy) is 1. The third kappa shape index (κ3) is 3.17. The molecule has 0 spiro atoms. The molecule has 0 saturated carbocycles. The van der Waals surface area contributed by atoms with Crippen LogP contribution < -0.4 is 4.74 Å². The molecule has 0 radical (unpaired) electrons. The van der Waals surface area contributed by atoms with Gasteiger partial charge in [-0.3, -0.25) is 0 Å². The summed E-state index contributed by atoms with van der Waals surface area (Å²) < 4.78 is 18.3. The Hall–Kier alpha value is -2.46. The molecular weight excluding hydrogens is 291 g/mol. The Morgan fingerprint density at radius 1 is 0.905 bits per heavy atom. The van der Waals surface area contributed by atoms with E-state index in [0.29, 0.717) is 16.5 Å². The number of rotatable bonds is 3. The second-order valence-electron chi connectivity index (χ2n) is 4.30. The van der Waals surface area contributed by atoms with E-state index >= 15 is 0 Å². The first kappa shape index (κ1) is 13.5. The molecule has 21 heavy (non-hydrogen) atoms. The van der Waals surface area contributed by atoms with E-state index in [1.54, 1.807) is 6.07 Å². The van der Waals surface area contributed by atoms with Crippen molar-refractivity contribution in [2.24, 2.45) is 0 Å². The summed E-state index contributed by atoms with van der Waals surface area (Å²) in [6, 6.07) is 16.7. The van der Waals surface area contributed by atoms with Gasteiger partial charge in [0, 0.05) is 11.6 Å². The first-order valence-electron chi connectivity index (χ1n) is 6.24. The summed E-state index contributed by atoms with van der Waals surface area (Å²) in [5.74, 6) is 0.395. The van der Waals surface area contributed by atoms with Crippen LogP contribution in [0.2, 0.25) is 5.02 Å². The van der Waals surface area contributed by atoms with E-state index in [1.807, 2.05) is 30.3 Å². The first-order chi connectivity index (χ1) is 10.2. The summed E-state index contributed by atoms with van der Waals surface area (Å²) in [7, 11) is 0. The number of aromatic nitrogens is 2. The van der Waals surface area contributed by atoms with Crippen molar-refractivity contribution < 1.29 is 9.13 Å². The maximum atomic E-state index is 12.8. The predicted molar refractivity (Wildman–Crippen MR) is 79.0 cm³/mol. The summed E-state index contributed by atoms with van der Waals surface area (Å²) in [6.07, 6.45) is 0. The highest BCUT2D eigenvalue weighted by atomic mass is 35.5. The zero-order chi connectivity index (χ0) is 14.7. The van der Waals surface area contributed by atoms with Crippen LogP contribution in [-0.2, 0) is 0 Å². The molecule has 3 rings (SSSR count). The Bertz CT molecular complexity index is 748. The molecule has 3 nitrogen and oxygen atoms in total. The van der Waals surface area contributed by atoms with Crippen LogP contribution in [0.5, 0.6) is 11.6 Å². The van der Waals surface area contributed by atoms with Gasteiger partial charge in [-0.1, -0.05) is 41.9 Å². The number of nitrogens with zero attached hydrogens (tertiary/aromatic N) is 2. The SMILES string of the molecule is Fc1ccc(Oc2cc(Cl)c(-c3ccccc3)nn2)cc1. The number of benzene rings is 2. The molecule has 0 bridgehead atoms. The van der Waals surface area contributed by atoms with Crippen molar-refractivity contribution >= 4 is 11.6 Å². The molecule has 0 fully saturated rings. The molecule has 0 unspecified atom stereocenters. The average molecular weight is 301 g/mol. The van der Waals surface area contributed by atoms with E-state index in [9.17, 15) is 4.39 Å². The minimum Gasteiger partial charge on any atom is -0.437 e. The summed E-state index contributed by atoms with van der Waals surface area (Å²) >= 11 is 6.21. The van der Waals surface area contributed by atoms with Crippen LogP contribution in [0.3, 0.4) is 0 Å². The second-order valence-corrected chi connectivity index (χ2v) is 4.71. The van der Waals surface area contributed by atoms with Crippen LogP contribution >= 0.6 is 11.6 Å². The van der Waals surface area contributed by atoms with Crippen LogP contribution in [0, 0.1) is 5.82 Å². The van der Waals surface area contributed by atoms with Gasteiger partial charge in [-0.2, -0.15) is 0 Å². The Morgan fingerprint density at radius 2 is 1.62 bits per heavy atom. The molecule has 2 aromatic carbocycles. The zero-order valence-electron chi connectivity index (χ0n) is 10.8. The quantitative estimate of drug-likeness (QED) is 0.701. The van der Waals surface area contributed by atoms with Crippen LogP contribution in [0.25, 0.3) is 11.3 Å². The lowest BCUT2D eigenvalue weighted by Crippen LogP contribution is -1.94. The average Bonchev–Trinajstić information content (AvgIpc) is 2.51. The molecule has 0 amide bonds. The van der Waals surface area contributed by atoms with Gasteiger partial charge in [0.2, 0.25) is 5.88 Å². The van der Waals surface area contributed by atoms with Crippen molar-refractivity contribution in [2.75, 3.05) is 0 Å². The fourth-order valence-corrected chi connectivity index (χ4v) is 2.06. The standard InChI is InChI=1S/C16H10ClFN2O/c17-14-10-15(21-13-8-6-12(18)7-9-13)19-20-16(14)11-4-2-1-3-5-11/h1-10H. The lowest BCUT2D eigenvalue weighted by Gasteiger charge is -2.06. The van der Waals surface area contributed by atoms with Crippen molar-refractivity contribution in [2.45, 2.75) is 0 Å². The predicted octanol–water partition coefficient (Wildman–Crippen LogP) is 4.73. The Kier molecular flexibility index (Phi) is 3.79. The van der Waals surface area contributed by atoms with E-state index in [0.717, 1.165) is 5.56 Å². The summed E-state index contributed by atoms with van der Waals surface area (Å²) in [5.41, 5.74) is 1.46. The molecule has 1 aromatic heterocycles. The van der Waals surface area contributed by atoms with Gasteiger partial charge in [-0.25, -0.2) is 4.39 Å². The van der Waals surface area contributed by atoms with E-state index in [1.165, 1.54) is 24.3 Å². The van der Waals surface area contributed by atoms with Crippen molar-refractivity contribution in [3.63, 3.8) is 0 Å². The summed E-state index contributed by atoms with van der Waals surface area (Å²) in [6.45, 7) is 0. The van der Waals surface area contributed by atoms with Gasteiger partial charge < -0.3 is 4.74 Å². The second kappa shape index (κ2) is 5.89. The Morgan fingerprint density at radius 3 is 2.29 bits per heavy atom. The van der Waals surface area contributed by atoms with E-state index < -0.39 is 0 Å². The molecule has 0 aliphatic heterocycles. The largest absolute Gasteiger partial charge is 0.437 e. The highest BCUT2D eigenvalue weighted by Crippen LogP contribution is 2.28.